The number of fused-ring (bicyclic) bond motifs is 1. The van der Waals surface area contributed by atoms with Gasteiger partial charge in [0.25, 0.3) is 0 Å². The van der Waals surface area contributed by atoms with Gasteiger partial charge in [0.2, 0.25) is 0 Å². The van der Waals surface area contributed by atoms with E-state index in [-0.39, 0.29) is 5.82 Å². The van der Waals surface area contributed by atoms with E-state index < -0.39 is 0 Å². The molecular formula is C19H17FN4S. The van der Waals surface area contributed by atoms with Gasteiger partial charge in [0.15, 0.2) is 0 Å². The first kappa shape index (κ1) is 15.9. The van der Waals surface area contributed by atoms with Crippen LogP contribution in [-0.4, -0.2) is 21.1 Å². The fraction of sp³-hybridized carbons (Fsp3) is 0.158. The summed E-state index contributed by atoms with van der Waals surface area (Å²) >= 11 is 1.63. The summed E-state index contributed by atoms with van der Waals surface area (Å²) in [6, 6.07) is 8.89. The van der Waals surface area contributed by atoms with Gasteiger partial charge in [0, 0.05) is 54.4 Å². The van der Waals surface area contributed by atoms with Crippen LogP contribution in [0, 0.1) is 5.82 Å². The molecule has 3 heterocycles. The first-order valence-corrected chi connectivity index (χ1v) is 9.02. The number of rotatable bonds is 6. The van der Waals surface area contributed by atoms with E-state index in [0.29, 0.717) is 12.1 Å². The Kier molecular flexibility index (Phi) is 4.54. The highest BCUT2D eigenvalue weighted by Crippen LogP contribution is 2.27. The smallest absolute Gasteiger partial charge is 0.125 e. The second-order valence-corrected chi connectivity index (χ2v) is 6.60. The fourth-order valence-corrected chi connectivity index (χ4v) is 3.46. The monoisotopic (exact) mass is 352 g/mol. The molecule has 1 N–H and O–H groups in total. The number of nitrogens with one attached hydrogen (secondary N) is 1. The maximum Gasteiger partial charge on any atom is 0.125 e. The van der Waals surface area contributed by atoms with Crippen LogP contribution in [0.25, 0.3) is 22.2 Å². The quantitative estimate of drug-likeness (QED) is 0.532. The standard InChI is InChI=1S/C19H17FN4S/c20-17-2-1-14-9-16(11-21-4-6-24-7-5-22-13-24)19(23-18(14)10-17)15-3-8-25-12-15/h1-3,5,7-10,12-13,21H,4,6,11H2. The summed E-state index contributed by atoms with van der Waals surface area (Å²) in [6.45, 7) is 2.40. The molecule has 0 aliphatic rings. The third-order valence-corrected chi connectivity index (χ3v) is 4.76. The van der Waals surface area contributed by atoms with Crippen LogP contribution in [0.5, 0.6) is 0 Å². The van der Waals surface area contributed by atoms with Crippen LogP contribution in [0.3, 0.4) is 0 Å². The van der Waals surface area contributed by atoms with Crippen LogP contribution in [0.4, 0.5) is 4.39 Å². The molecule has 0 saturated heterocycles. The summed E-state index contributed by atoms with van der Waals surface area (Å²) in [5.74, 6) is -0.262. The fourth-order valence-electron chi connectivity index (χ4n) is 2.82. The van der Waals surface area contributed by atoms with Gasteiger partial charge in [-0.3, -0.25) is 0 Å². The third-order valence-electron chi connectivity index (χ3n) is 4.07. The van der Waals surface area contributed by atoms with Crippen molar-refractivity contribution in [1.82, 2.24) is 19.9 Å². The van der Waals surface area contributed by atoms with E-state index >= 15 is 0 Å². The number of aromatic nitrogens is 3. The van der Waals surface area contributed by atoms with Gasteiger partial charge in [-0.2, -0.15) is 11.3 Å². The minimum atomic E-state index is -0.262. The first-order valence-electron chi connectivity index (χ1n) is 8.08. The van der Waals surface area contributed by atoms with Crippen molar-refractivity contribution in [2.24, 2.45) is 0 Å². The lowest BCUT2D eigenvalue weighted by molar-refractivity contribution is 0.597. The highest BCUT2D eigenvalue weighted by Gasteiger charge is 2.10. The van der Waals surface area contributed by atoms with Crippen molar-refractivity contribution in [2.75, 3.05) is 6.54 Å². The highest BCUT2D eigenvalue weighted by molar-refractivity contribution is 7.08. The second kappa shape index (κ2) is 7.13. The summed E-state index contributed by atoms with van der Waals surface area (Å²) in [6.07, 6.45) is 5.54. The predicted molar refractivity (Wildman–Crippen MR) is 98.9 cm³/mol. The summed E-state index contributed by atoms with van der Waals surface area (Å²) in [4.78, 5) is 8.76. The van der Waals surface area contributed by atoms with E-state index in [1.165, 1.54) is 12.1 Å². The van der Waals surface area contributed by atoms with Crippen LogP contribution in [0.2, 0.25) is 0 Å². The number of halogens is 1. The number of hydrogen-bond donors (Lipinski definition) is 1. The van der Waals surface area contributed by atoms with E-state index in [2.05, 4.69) is 21.7 Å². The van der Waals surface area contributed by atoms with Gasteiger partial charge in [0.1, 0.15) is 5.82 Å². The molecule has 6 heteroatoms. The van der Waals surface area contributed by atoms with Crippen LogP contribution in [-0.2, 0) is 13.1 Å². The van der Waals surface area contributed by atoms with E-state index in [1.807, 2.05) is 28.5 Å². The molecule has 0 atom stereocenters. The minimum Gasteiger partial charge on any atom is -0.336 e. The Morgan fingerprint density at radius 2 is 2.16 bits per heavy atom. The molecule has 0 fully saturated rings. The predicted octanol–water partition coefficient (Wildman–Crippen LogP) is 4.09. The summed E-state index contributed by atoms with van der Waals surface area (Å²) in [7, 11) is 0. The van der Waals surface area contributed by atoms with Crippen molar-refractivity contribution >= 4 is 22.2 Å². The number of hydrogen-bond acceptors (Lipinski definition) is 4. The van der Waals surface area contributed by atoms with Gasteiger partial charge in [0.05, 0.1) is 17.5 Å². The van der Waals surface area contributed by atoms with Crippen molar-refractivity contribution in [3.63, 3.8) is 0 Å². The highest BCUT2D eigenvalue weighted by atomic mass is 32.1. The molecule has 0 aliphatic heterocycles. The molecule has 4 rings (SSSR count). The lowest BCUT2D eigenvalue weighted by atomic mass is 10.1. The van der Waals surface area contributed by atoms with Crippen LogP contribution >= 0.6 is 11.3 Å². The zero-order valence-electron chi connectivity index (χ0n) is 13.5. The van der Waals surface area contributed by atoms with Crippen molar-refractivity contribution in [3.8, 4) is 11.3 Å². The Morgan fingerprint density at radius 3 is 2.96 bits per heavy atom. The minimum absolute atomic E-state index is 0.262. The number of imidazole rings is 1. The summed E-state index contributed by atoms with van der Waals surface area (Å²) < 4.78 is 15.6. The zero-order valence-corrected chi connectivity index (χ0v) is 14.3. The molecule has 4 nitrogen and oxygen atoms in total. The number of thiophene rings is 1. The van der Waals surface area contributed by atoms with Gasteiger partial charge >= 0.3 is 0 Å². The molecule has 0 saturated carbocycles. The van der Waals surface area contributed by atoms with Crippen molar-refractivity contribution < 1.29 is 4.39 Å². The van der Waals surface area contributed by atoms with Crippen molar-refractivity contribution in [2.45, 2.75) is 13.1 Å². The molecule has 0 unspecified atom stereocenters. The topological polar surface area (TPSA) is 42.7 Å². The molecule has 0 spiro atoms. The normalized spacial score (nSPS) is 11.2. The van der Waals surface area contributed by atoms with Crippen LogP contribution in [0.15, 0.2) is 59.8 Å². The zero-order chi connectivity index (χ0) is 17.1. The molecule has 0 aliphatic carbocycles. The Morgan fingerprint density at radius 1 is 1.20 bits per heavy atom. The average molecular weight is 352 g/mol. The van der Waals surface area contributed by atoms with Crippen LogP contribution in [0.1, 0.15) is 5.56 Å². The molecule has 4 aromatic rings. The maximum absolute atomic E-state index is 13.5. The molecule has 0 radical (unpaired) electrons. The summed E-state index contributed by atoms with van der Waals surface area (Å²) in [5, 5.41) is 8.51. The summed E-state index contributed by atoms with van der Waals surface area (Å²) in [5.41, 5.74) is 3.78. The van der Waals surface area contributed by atoms with Gasteiger partial charge in [-0.05, 0) is 35.2 Å². The van der Waals surface area contributed by atoms with E-state index in [4.69, 9.17) is 4.98 Å². The SMILES string of the molecule is Fc1ccc2cc(CNCCn3ccnc3)c(-c3ccsc3)nc2c1. The lowest BCUT2D eigenvalue weighted by Crippen LogP contribution is -2.19. The number of pyridine rings is 1. The maximum atomic E-state index is 13.5. The molecule has 0 amide bonds. The van der Waals surface area contributed by atoms with Gasteiger partial charge in [-0.1, -0.05) is 0 Å². The second-order valence-electron chi connectivity index (χ2n) is 5.82. The van der Waals surface area contributed by atoms with Gasteiger partial charge < -0.3 is 9.88 Å². The van der Waals surface area contributed by atoms with Gasteiger partial charge in [-0.25, -0.2) is 14.4 Å². The van der Waals surface area contributed by atoms with Gasteiger partial charge in [-0.15, -0.1) is 0 Å². The molecular weight excluding hydrogens is 335 g/mol. The third kappa shape index (κ3) is 3.60. The first-order chi connectivity index (χ1) is 12.3. The molecule has 0 bridgehead atoms. The lowest BCUT2D eigenvalue weighted by Gasteiger charge is -2.11. The average Bonchev–Trinajstić information content (AvgIpc) is 3.32. The molecule has 3 aromatic heterocycles. The molecule has 126 valence electrons. The van der Waals surface area contributed by atoms with E-state index in [0.717, 1.165) is 35.3 Å². The molecule has 1 aromatic carbocycles. The Bertz CT molecular complexity index is 965. The van der Waals surface area contributed by atoms with Crippen molar-refractivity contribution in [3.05, 3.63) is 71.2 Å². The number of nitrogens with zero attached hydrogens (tertiary/aromatic N) is 3. The number of benzene rings is 1. The Hall–Kier alpha value is -2.57. The van der Waals surface area contributed by atoms with E-state index in [9.17, 15) is 4.39 Å². The Labute approximate surface area is 149 Å². The molecule has 25 heavy (non-hydrogen) atoms. The Balaban J connectivity index is 1.59. The van der Waals surface area contributed by atoms with Crippen LogP contribution < -0.4 is 5.32 Å². The largest absolute Gasteiger partial charge is 0.336 e. The van der Waals surface area contributed by atoms with E-state index in [1.54, 1.807) is 23.6 Å². The van der Waals surface area contributed by atoms with Crippen molar-refractivity contribution in [1.29, 1.82) is 0 Å².